The average Bonchev–Trinajstić information content (AvgIpc) is 3.43. The molecule has 5 rings (SSSR count). The minimum absolute atomic E-state index is 0.375. The molecule has 1 fully saturated rings. The SMILES string of the molecule is c1cnn(C2(c3nc(-c4ccc5c(c4)CCO5)no3)CCNCC2)c1. The predicted molar refractivity (Wildman–Crippen MR) is 90.3 cm³/mol. The van der Waals surface area contributed by atoms with Gasteiger partial charge in [0.25, 0.3) is 5.89 Å². The van der Waals surface area contributed by atoms with Gasteiger partial charge in [-0.2, -0.15) is 10.1 Å². The van der Waals surface area contributed by atoms with Crippen LogP contribution in [0.5, 0.6) is 5.75 Å². The van der Waals surface area contributed by atoms with E-state index in [0.29, 0.717) is 11.7 Å². The summed E-state index contributed by atoms with van der Waals surface area (Å²) in [5, 5.41) is 12.1. The number of aromatic nitrogens is 4. The quantitative estimate of drug-likeness (QED) is 0.787. The molecule has 1 saturated heterocycles. The Hall–Kier alpha value is -2.67. The van der Waals surface area contributed by atoms with Gasteiger partial charge in [-0.15, -0.1) is 0 Å². The number of nitrogens with zero attached hydrogens (tertiary/aromatic N) is 4. The highest BCUT2D eigenvalue weighted by molar-refractivity contribution is 5.59. The molecule has 1 aromatic carbocycles. The second-order valence-electron chi connectivity index (χ2n) is 6.58. The Labute approximate surface area is 145 Å². The molecule has 0 aliphatic carbocycles. The van der Waals surface area contributed by atoms with Gasteiger partial charge < -0.3 is 14.6 Å². The zero-order valence-corrected chi connectivity index (χ0v) is 13.8. The molecule has 4 heterocycles. The van der Waals surface area contributed by atoms with Gasteiger partial charge in [-0.25, -0.2) is 0 Å². The van der Waals surface area contributed by atoms with E-state index in [1.54, 1.807) is 6.20 Å². The molecule has 0 radical (unpaired) electrons. The molecule has 0 amide bonds. The summed E-state index contributed by atoms with van der Waals surface area (Å²) in [7, 11) is 0. The minimum Gasteiger partial charge on any atom is -0.493 e. The molecule has 7 heteroatoms. The summed E-state index contributed by atoms with van der Waals surface area (Å²) in [4.78, 5) is 4.75. The van der Waals surface area contributed by atoms with Crippen molar-refractivity contribution >= 4 is 0 Å². The first-order valence-corrected chi connectivity index (χ1v) is 8.66. The second-order valence-corrected chi connectivity index (χ2v) is 6.58. The molecule has 128 valence electrons. The van der Waals surface area contributed by atoms with Crippen LogP contribution >= 0.6 is 0 Å². The summed E-state index contributed by atoms with van der Waals surface area (Å²) in [6, 6.07) is 8.00. The molecule has 2 aliphatic rings. The Morgan fingerprint density at radius 1 is 1.20 bits per heavy atom. The molecule has 0 atom stereocenters. The Morgan fingerprint density at radius 2 is 2.12 bits per heavy atom. The number of rotatable bonds is 3. The third-order valence-corrected chi connectivity index (χ3v) is 5.15. The maximum atomic E-state index is 5.72. The van der Waals surface area contributed by atoms with Crippen LogP contribution in [0.4, 0.5) is 0 Å². The normalized spacial score (nSPS) is 18.7. The van der Waals surface area contributed by atoms with Crippen molar-refractivity contribution in [2.24, 2.45) is 0 Å². The summed E-state index contributed by atoms with van der Waals surface area (Å²) < 4.78 is 13.3. The lowest BCUT2D eigenvalue weighted by Crippen LogP contribution is -2.45. The molecular weight excluding hydrogens is 318 g/mol. The molecule has 7 nitrogen and oxygen atoms in total. The van der Waals surface area contributed by atoms with E-state index in [2.05, 4.69) is 21.6 Å². The Kier molecular flexibility index (Phi) is 3.34. The number of hydrogen-bond donors (Lipinski definition) is 1. The molecule has 0 spiro atoms. The van der Waals surface area contributed by atoms with Gasteiger partial charge in [-0.3, -0.25) is 4.68 Å². The van der Waals surface area contributed by atoms with Crippen molar-refractivity contribution in [2.45, 2.75) is 24.8 Å². The molecule has 3 aromatic rings. The molecule has 0 bridgehead atoms. The molecule has 2 aromatic heterocycles. The van der Waals surface area contributed by atoms with Crippen LogP contribution < -0.4 is 10.1 Å². The van der Waals surface area contributed by atoms with E-state index in [0.717, 1.165) is 50.3 Å². The number of hydrogen-bond acceptors (Lipinski definition) is 6. The first kappa shape index (κ1) is 14.7. The number of ether oxygens (including phenoxy) is 1. The van der Waals surface area contributed by atoms with E-state index in [9.17, 15) is 0 Å². The fourth-order valence-electron chi connectivity index (χ4n) is 3.76. The van der Waals surface area contributed by atoms with E-state index in [-0.39, 0.29) is 5.54 Å². The maximum absolute atomic E-state index is 5.72. The van der Waals surface area contributed by atoms with E-state index in [1.807, 2.05) is 29.1 Å². The van der Waals surface area contributed by atoms with Crippen molar-refractivity contribution in [1.29, 1.82) is 0 Å². The Balaban J connectivity index is 1.54. The fraction of sp³-hybridized carbons (Fsp3) is 0.389. The van der Waals surface area contributed by atoms with E-state index in [4.69, 9.17) is 14.2 Å². The van der Waals surface area contributed by atoms with Gasteiger partial charge in [0.15, 0.2) is 0 Å². The van der Waals surface area contributed by atoms with Crippen LogP contribution in [-0.2, 0) is 12.0 Å². The molecule has 2 aliphatic heterocycles. The molecule has 0 saturated carbocycles. The summed E-state index contributed by atoms with van der Waals surface area (Å²) >= 11 is 0. The van der Waals surface area contributed by atoms with Crippen molar-refractivity contribution < 1.29 is 9.26 Å². The largest absolute Gasteiger partial charge is 0.493 e. The van der Waals surface area contributed by atoms with Crippen LogP contribution in [0, 0.1) is 0 Å². The lowest BCUT2D eigenvalue weighted by Gasteiger charge is -2.34. The van der Waals surface area contributed by atoms with Crippen LogP contribution in [0.3, 0.4) is 0 Å². The number of fused-ring (bicyclic) bond motifs is 1. The Bertz CT molecular complexity index is 881. The lowest BCUT2D eigenvalue weighted by atomic mass is 9.88. The third kappa shape index (κ3) is 2.34. The monoisotopic (exact) mass is 337 g/mol. The van der Waals surface area contributed by atoms with Crippen molar-refractivity contribution in [3.63, 3.8) is 0 Å². The highest BCUT2D eigenvalue weighted by Crippen LogP contribution is 2.35. The van der Waals surface area contributed by atoms with E-state index in [1.165, 1.54) is 5.56 Å². The summed E-state index contributed by atoms with van der Waals surface area (Å²) in [5.74, 6) is 2.21. The van der Waals surface area contributed by atoms with Crippen molar-refractivity contribution in [3.8, 4) is 17.1 Å². The van der Waals surface area contributed by atoms with Gasteiger partial charge >= 0.3 is 0 Å². The zero-order chi connectivity index (χ0) is 16.7. The van der Waals surface area contributed by atoms with Crippen LogP contribution in [0.2, 0.25) is 0 Å². The minimum atomic E-state index is -0.375. The average molecular weight is 337 g/mol. The molecule has 25 heavy (non-hydrogen) atoms. The zero-order valence-electron chi connectivity index (χ0n) is 13.8. The smallest absolute Gasteiger partial charge is 0.255 e. The summed E-state index contributed by atoms with van der Waals surface area (Å²) in [5.41, 5.74) is 1.79. The molecule has 0 unspecified atom stereocenters. The third-order valence-electron chi connectivity index (χ3n) is 5.15. The first-order valence-electron chi connectivity index (χ1n) is 8.66. The van der Waals surface area contributed by atoms with Crippen LogP contribution in [0.1, 0.15) is 24.3 Å². The number of benzene rings is 1. The number of piperidine rings is 1. The van der Waals surface area contributed by atoms with E-state index < -0.39 is 0 Å². The first-order chi connectivity index (χ1) is 12.4. The van der Waals surface area contributed by atoms with Crippen molar-refractivity contribution in [3.05, 3.63) is 48.1 Å². The standard InChI is InChI=1S/C18H19N5O2/c1-7-20-23(10-1)18(5-8-19-9-6-18)17-21-16(22-25-17)14-2-3-15-13(12-14)4-11-24-15/h1-3,7,10,12,19H,4-6,8-9,11H2. The van der Waals surface area contributed by atoms with Gasteiger partial charge in [0.2, 0.25) is 5.82 Å². The van der Waals surface area contributed by atoms with Gasteiger partial charge in [-0.1, -0.05) is 5.16 Å². The highest BCUT2D eigenvalue weighted by atomic mass is 16.5. The summed E-state index contributed by atoms with van der Waals surface area (Å²) in [6.45, 7) is 2.53. The fourth-order valence-corrected chi connectivity index (χ4v) is 3.76. The lowest BCUT2D eigenvalue weighted by molar-refractivity contribution is 0.172. The molecular formula is C18H19N5O2. The van der Waals surface area contributed by atoms with Crippen LogP contribution in [-0.4, -0.2) is 39.6 Å². The summed E-state index contributed by atoms with van der Waals surface area (Å²) in [6.07, 6.45) is 6.43. The van der Waals surface area contributed by atoms with Gasteiger partial charge in [0.05, 0.1) is 6.61 Å². The van der Waals surface area contributed by atoms with Crippen LogP contribution in [0.25, 0.3) is 11.4 Å². The van der Waals surface area contributed by atoms with Gasteiger partial charge in [0, 0.05) is 24.4 Å². The van der Waals surface area contributed by atoms with Gasteiger partial charge in [0.1, 0.15) is 11.3 Å². The Morgan fingerprint density at radius 3 is 2.96 bits per heavy atom. The van der Waals surface area contributed by atoms with E-state index >= 15 is 0 Å². The molecule has 1 N–H and O–H groups in total. The topological polar surface area (TPSA) is 78.0 Å². The maximum Gasteiger partial charge on any atom is 0.255 e. The highest BCUT2D eigenvalue weighted by Gasteiger charge is 2.41. The predicted octanol–water partition coefficient (Wildman–Crippen LogP) is 1.99. The van der Waals surface area contributed by atoms with Gasteiger partial charge in [-0.05, 0) is 55.8 Å². The number of nitrogens with one attached hydrogen (secondary N) is 1. The van der Waals surface area contributed by atoms with Crippen LogP contribution in [0.15, 0.2) is 41.2 Å². The van der Waals surface area contributed by atoms with Crippen molar-refractivity contribution in [1.82, 2.24) is 25.2 Å². The van der Waals surface area contributed by atoms with Crippen molar-refractivity contribution in [2.75, 3.05) is 19.7 Å². The second kappa shape index (κ2) is 5.70.